The third kappa shape index (κ3) is 5.12. The van der Waals surface area contributed by atoms with Gasteiger partial charge >= 0.3 is 0 Å². The average Bonchev–Trinajstić information content (AvgIpc) is 3.25. The van der Waals surface area contributed by atoms with E-state index in [2.05, 4.69) is 12.1 Å². The van der Waals surface area contributed by atoms with E-state index in [4.69, 9.17) is 4.74 Å². The van der Waals surface area contributed by atoms with E-state index in [1.807, 2.05) is 65.7 Å². The van der Waals surface area contributed by atoms with Gasteiger partial charge in [-0.1, -0.05) is 43.2 Å². The van der Waals surface area contributed by atoms with Gasteiger partial charge in [-0.3, -0.25) is 0 Å². The number of rotatable bonds is 7. The first-order valence-electron chi connectivity index (χ1n) is 9.32. The highest BCUT2D eigenvalue weighted by Crippen LogP contribution is 2.31. The molecule has 2 aromatic carbocycles. The molecule has 1 aliphatic rings. The van der Waals surface area contributed by atoms with E-state index in [-0.39, 0.29) is 6.54 Å². The molecule has 0 atom stereocenters. The van der Waals surface area contributed by atoms with Crippen molar-refractivity contribution in [2.45, 2.75) is 32.3 Å². The number of benzene rings is 2. The molecule has 4 nitrogen and oxygen atoms in total. The summed E-state index contributed by atoms with van der Waals surface area (Å²) in [5.74, 6) is 1.10. The topological polar surface area (TPSA) is 60.0 Å². The van der Waals surface area contributed by atoms with Gasteiger partial charge in [0.15, 0.2) is 0 Å². The molecule has 0 bridgehead atoms. The van der Waals surface area contributed by atoms with E-state index < -0.39 is 0 Å². The lowest BCUT2D eigenvalue weighted by Crippen LogP contribution is -2.18. The quantitative estimate of drug-likeness (QED) is 0.505. The molecular weight excluding hydrogens is 334 g/mol. The van der Waals surface area contributed by atoms with E-state index in [9.17, 15) is 10.5 Å². The summed E-state index contributed by atoms with van der Waals surface area (Å²) in [4.78, 5) is 1.85. The first kappa shape index (κ1) is 18.5. The normalized spacial score (nSPS) is 14.4. The molecule has 136 valence electrons. The van der Waals surface area contributed by atoms with E-state index >= 15 is 0 Å². The second-order valence-corrected chi connectivity index (χ2v) is 6.73. The summed E-state index contributed by atoms with van der Waals surface area (Å²) in [5.41, 5.74) is 2.77. The minimum atomic E-state index is 0.210. The van der Waals surface area contributed by atoms with Gasteiger partial charge in [0.25, 0.3) is 0 Å². The van der Waals surface area contributed by atoms with Crippen LogP contribution in [0.4, 0.5) is 5.69 Å². The number of hydrogen-bond acceptors (Lipinski definition) is 4. The highest BCUT2D eigenvalue weighted by Gasteiger charge is 2.20. The number of ether oxygens (including phenoxy) is 1. The minimum Gasteiger partial charge on any atom is -0.489 e. The molecule has 0 radical (unpaired) electrons. The lowest BCUT2D eigenvalue weighted by Gasteiger charge is -2.20. The lowest BCUT2D eigenvalue weighted by atomic mass is 9.99. The van der Waals surface area contributed by atoms with Gasteiger partial charge in [-0.15, -0.1) is 0 Å². The number of nitrogens with zero attached hydrogens (tertiary/aromatic N) is 3. The highest BCUT2D eigenvalue weighted by atomic mass is 16.5. The molecule has 27 heavy (non-hydrogen) atoms. The van der Waals surface area contributed by atoms with Crippen LogP contribution >= 0.6 is 0 Å². The van der Waals surface area contributed by atoms with Crippen LogP contribution in [0.15, 0.2) is 66.4 Å². The molecule has 0 unspecified atom stereocenters. The van der Waals surface area contributed by atoms with Gasteiger partial charge in [-0.05, 0) is 48.6 Å². The van der Waals surface area contributed by atoms with Gasteiger partial charge < -0.3 is 9.64 Å². The lowest BCUT2D eigenvalue weighted by molar-refractivity contribution is 0.306. The summed E-state index contributed by atoms with van der Waals surface area (Å²) in [6.07, 6.45) is 6.32. The molecule has 4 heteroatoms. The third-order valence-electron chi connectivity index (χ3n) is 4.88. The molecule has 1 saturated carbocycles. The van der Waals surface area contributed by atoms with Crippen LogP contribution in [0, 0.1) is 28.6 Å². The Bertz CT molecular complexity index is 838. The number of nitriles is 2. The Labute approximate surface area is 160 Å². The minimum absolute atomic E-state index is 0.210. The average molecular weight is 357 g/mol. The second-order valence-electron chi connectivity index (χ2n) is 6.73. The maximum absolute atomic E-state index is 9.52. The van der Waals surface area contributed by atoms with Crippen molar-refractivity contribution in [1.29, 1.82) is 10.5 Å². The molecule has 1 aliphatic carbocycles. The molecule has 0 aromatic heterocycles. The van der Waals surface area contributed by atoms with Crippen molar-refractivity contribution >= 4 is 5.69 Å². The van der Waals surface area contributed by atoms with E-state index in [1.54, 1.807) is 0 Å². The molecule has 2 aromatic rings. The molecule has 0 spiro atoms. The standard InChI is InChI=1S/C23H23N3O/c24-14-15-26(17-21(16-25)20-8-4-5-9-20)22-10-12-23(13-11-22)27-18-19-6-2-1-3-7-19/h1-3,6-7,10-13,17,20H,4-5,8-9,15,18H2. The van der Waals surface area contributed by atoms with Crippen LogP contribution in [0.2, 0.25) is 0 Å². The molecule has 0 heterocycles. The molecule has 3 rings (SSSR count). The van der Waals surface area contributed by atoms with Crippen molar-refractivity contribution < 1.29 is 4.74 Å². The van der Waals surface area contributed by atoms with Gasteiger partial charge in [0, 0.05) is 17.5 Å². The van der Waals surface area contributed by atoms with E-state index in [0.29, 0.717) is 12.5 Å². The zero-order chi connectivity index (χ0) is 18.9. The predicted molar refractivity (Wildman–Crippen MR) is 106 cm³/mol. The van der Waals surface area contributed by atoms with Crippen LogP contribution in [0.3, 0.4) is 0 Å². The van der Waals surface area contributed by atoms with Crippen molar-refractivity contribution in [2.75, 3.05) is 11.4 Å². The van der Waals surface area contributed by atoms with Crippen molar-refractivity contribution in [3.05, 3.63) is 71.9 Å². The monoisotopic (exact) mass is 357 g/mol. The smallest absolute Gasteiger partial charge is 0.119 e. The van der Waals surface area contributed by atoms with Gasteiger partial charge in [0.2, 0.25) is 0 Å². The van der Waals surface area contributed by atoms with Crippen molar-refractivity contribution in [2.24, 2.45) is 5.92 Å². The summed E-state index contributed by atoms with van der Waals surface area (Å²) in [6.45, 7) is 0.727. The van der Waals surface area contributed by atoms with Gasteiger partial charge in [-0.2, -0.15) is 10.5 Å². The number of allylic oxidation sites excluding steroid dienone is 1. The summed E-state index contributed by atoms with van der Waals surface area (Å²) >= 11 is 0. The van der Waals surface area contributed by atoms with Crippen LogP contribution in [0.25, 0.3) is 0 Å². The molecule has 0 amide bonds. The second kappa shape index (κ2) is 9.46. The zero-order valence-electron chi connectivity index (χ0n) is 15.3. The zero-order valence-corrected chi connectivity index (χ0v) is 15.3. The van der Waals surface area contributed by atoms with E-state index in [1.165, 1.54) is 12.8 Å². The van der Waals surface area contributed by atoms with Crippen LogP contribution in [0.5, 0.6) is 5.75 Å². The fourth-order valence-electron chi connectivity index (χ4n) is 3.39. The molecule has 1 fully saturated rings. The highest BCUT2D eigenvalue weighted by molar-refractivity contribution is 5.53. The number of anilines is 1. The summed E-state index contributed by atoms with van der Waals surface area (Å²) in [6, 6.07) is 22.2. The van der Waals surface area contributed by atoms with Gasteiger partial charge in [-0.25, -0.2) is 0 Å². The van der Waals surface area contributed by atoms with Crippen LogP contribution < -0.4 is 9.64 Å². The Morgan fingerprint density at radius 3 is 2.37 bits per heavy atom. The summed E-state index contributed by atoms with van der Waals surface area (Å²) in [7, 11) is 0. The molecule has 0 N–H and O–H groups in total. The van der Waals surface area contributed by atoms with E-state index in [0.717, 1.165) is 35.4 Å². The maximum atomic E-state index is 9.52. The van der Waals surface area contributed by atoms with Gasteiger partial charge in [0.05, 0.1) is 12.1 Å². The van der Waals surface area contributed by atoms with Crippen molar-refractivity contribution in [3.63, 3.8) is 0 Å². The molecular formula is C23H23N3O. The molecule has 0 saturated heterocycles. The molecule has 0 aliphatic heterocycles. The fraction of sp³-hybridized carbons (Fsp3) is 0.304. The summed E-state index contributed by atoms with van der Waals surface area (Å²) in [5, 5.41) is 18.7. The van der Waals surface area contributed by atoms with Crippen LogP contribution in [-0.2, 0) is 6.61 Å². The predicted octanol–water partition coefficient (Wildman–Crippen LogP) is 5.19. The third-order valence-corrected chi connectivity index (χ3v) is 4.88. The number of hydrogen-bond donors (Lipinski definition) is 0. The Morgan fingerprint density at radius 2 is 1.74 bits per heavy atom. The fourth-order valence-corrected chi connectivity index (χ4v) is 3.39. The Morgan fingerprint density at radius 1 is 1.04 bits per heavy atom. The van der Waals surface area contributed by atoms with Crippen LogP contribution in [0.1, 0.15) is 31.2 Å². The Balaban J connectivity index is 1.70. The SMILES string of the molecule is N#CCN(C=C(C#N)C1CCCC1)c1ccc(OCc2ccccc2)cc1. The van der Waals surface area contributed by atoms with Crippen LogP contribution in [-0.4, -0.2) is 6.54 Å². The Kier molecular flexibility index (Phi) is 6.50. The van der Waals surface area contributed by atoms with Crippen molar-refractivity contribution in [1.82, 2.24) is 0 Å². The maximum Gasteiger partial charge on any atom is 0.119 e. The van der Waals surface area contributed by atoms with Gasteiger partial charge in [0.1, 0.15) is 18.9 Å². The first-order chi connectivity index (χ1) is 13.3. The van der Waals surface area contributed by atoms with Crippen molar-refractivity contribution in [3.8, 4) is 17.9 Å². The summed E-state index contributed by atoms with van der Waals surface area (Å²) < 4.78 is 5.82. The Hall–Kier alpha value is -3.24. The first-order valence-corrected chi connectivity index (χ1v) is 9.32. The largest absolute Gasteiger partial charge is 0.489 e.